The minimum atomic E-state index is -1.97. The summed E-state index contributed by atoms with van der Waals surface area (Å²) in [4.78, 5) is 143. The predicted molar refractivity (Wildman–Crippen MR) is 226 cm³/mol. The molecule has 2 heterocycles. The summed E-state index contributed by atoms with van der Waals surface area (Å²) in [6.07, 6.45) is -7.45. The number of primary amides is 1. The summed E-state index contributed by atoms with van der Waals surface area (Å²) < 4.78 is 0. The molecule has 2 rings (SSSR count). The summed E-state index contributed by atoms with van der Waals surface area (Å²) in [5, 5.41) is 83.1. The van der Waals surface area contributed by atoms with E-state index < -0.39 is 163 Å². The van der Waals surface area contributed by atoms with Crippen LogP contribution in [0.1, 0.15) is 79.1 Å². The van der Waals surface area contributed by atoms with Crippen LogP contribution in [0.15, 0.2) is 0 Å². The number of amides is 9. The predicted octanol–water partition coefficient (Wildman–Crippen LogP) is -8.07. The van der Waals surface area contributed by atoms with E-state index in [-0.39, 0.29) is 45.2 Å². The zero-order chi connectivity index (χ0) is 51.0. The lowest BCUT2D eigenvalue weighted by molar-refractivity contribution is -0.150. The smallest absolute Gasteiger partial charge is 0.328 e. The summed E-state index contributed by atoms with van der Waals surface area (Å²) in [5.41, 5.74) is 10.8. The molecule has 0 aromatic carbocycles. The number of aliphatic hydroxyl groups excluding tert-OH is 5. The van der Waals surface area contributed by atoms with E-state index in [0.29, 0.717) is 6.42 Å². The number of carboxylic acid groups (broad SMARTS) is 2. The van der Waals surface area contributed by atoms with Gasteiger partial charge in [0.2, 0.25) is 53.2 Å². The van der Waals surface area contributed by atoms with Crippen molar-refractivity contribution in [1.29, 1.82) is 0 Å². The van der Waals surface area contributed by atoms with Crippen LogP contribution in [0.2, 0.25) is 0 Å². The van der Waals surface area contributed by atoms with Gasteiger partial charge in [-0.1, -0.05) is 0 Å². The number of carboxylic acids is 2. The molecule has 67 heavy (non-hydrogen) atoms. The zero-order valence-corrected chi connectivity index (χ0v) is 37.5. The van der Waals surface area contributed by atoms with Gasteiger partial charge in [0.05, 0.1) is 37.1 Å². The maximum Gasteiger partial charge on any atom is 0.328 e. The molecule has 13 atom stereocenters. The van der Waals surface area contributed by atoms with Gasteiger partial charge in [0.1, 0.15) is 42.3 Å². The first-order valence-corrected chi connectivity index (χ1v) is 21.5. The molecule has 0 radical (unpaired) electrons. The first-order chi connectivity index (χ1) is 31.2. The summed E-state index contributed by atoms with van der Waals surface area (Å²) in [7, 11) is 0. The number of likely N-dealkylation sites (tertiary alicyclic amines) is 2. The second kappa shape index (κ2) is 26.3. The van der Waals surface area contributed by atoms with Crippen molar-refractivity contribution < 1.29 is 88.5 Å². The van der Waals surface area contributed by atoms with Gasteiger partial charge < -0.3 is 88.9 Å². The molecular formula is C39H64N10O18. The molecule has 2 aliphatic rings. The number of nitrogens with one attached hydrogen (secondary N) is 6. The third-order valence-electron chi connectivity index (χ3n) is 11.0. The number of aliphatic carboxylic acids is 2. The molecule has 0 unspecified atom stereocenters. The molecule has 0 aliphatic carbocycles. The van der Waals surface area contributed by atoms with Gasteiger partial charge in [0, 0.05) is 25.9 Å². The fraction of sp³-hybridized carbons (Fsp3) is 0.718. The van der Waals surface area contributed by atoms with E-state index in [4.69, 9.17) is 16.6 Å². The molecule has 9 amide bonds. The molecular weight excluding hydrogens is 896 g/mol. The van der Waals surface area contributed by atoms with Gasteiger partial charge in [-0.3, -0.25) is 47.9 Å². The van der Waals surface area contributed by atoms with E-state index in [2.05, 4.69) is 31.9 Å². The standard InChI is InChI=1S/C39H64N10O18/c1-16(51)27(44-33(60)22(15-50)43-32(59)21(10-12-26(56)57)42-31(58)20(40)9-11-25(41)55)35(62)45-28(17(2)52)36(63)46-29(18(3)53)38(65)49-14-6-8-24(49)37(64)48-13-5-7-23(48)34(61)47-30(19(4)54)39(66)67/h16-24,27-30,50-54H,5-15,40H2,1-4H3,(H2,41,55)(H,42,58)(H,43,59)(H,44,60)(H,45,62)(H,46,63)(H,47,61)(H,56,57)(H,66,67)/t16-,17-,18-,19-,20+,21+,22+,23+,24+,27+,28+,29+,30+/m1/s1. The second-order valence-electron chi connectivity index (χ2n) is 16.5. The Morgan fingerprint density at radius 2 is 1.03 bits per heavy atom. The van der Waals surface area contributed by atoms with Crippen LogP contribution in [0.3, 0.4) is 0 Å². The highest BCUT2D eigenvalue weighted by Crippen LogP contribution is 2.26. The van der Waals surface area contributed by atoms with Crippen LogP contribution in [0, 0.1) is 0 Å². The quantitative estimate of drug-likeness (QED) is 0.0383. The van der Waals surface area contributed by atoms with Crippen LogP contribution >= 0.6 is 0 Å². The molecule has 0 aromatic heterocycles. The third kappa shape index (κ3) is 16.6. The lowest BCUT2D eigenvalue weighted by atomic mass is 10.1. The Bertz CT molecular complexity index is 1830. The molecule has 28 nitrogen and oxygen atoms in total. The highest BCUT2D eigenvalue weighted by Gasteiger charge is 2.46. The van der Waals surface area contributed by atoms with Gasteiger partial charge in [0.25, 0.3) is 0 Å². The lowest BCUT2D eigenvalue weighted by Gasteiger charge is -2.34. The Morgan fingerprint density at radius 3 is 1.51 bits per heavy atom. The van der Waals surface area contributed by atoms with Crippen molar-refractivity contribution in [3.05, 3.63) is 0 Å². The summed E-state index contributed by atoms with van der Waals surface area (Å²) >= 11 is 0. The molecule has 0 saturated carbocycles. The van der Waals surface area contributed by atoms with Crippen LogP contribution in [0.25, 0.3) is 0 Å². The van der Waals surface area contributed by atoms with Crippen LogP contribution in [-0.2, 0) is 52.7 Å². The van der Waals surface area contributed by atoms with E-state index in [1.165, 1.54) is 4.90 Å². The minimum Gasteiger partial charge on any atom is -0.481 e. The number of aliphatic hydroxyl groups is 5. The van der Waals surface area contributed by atoms with Gasteiger partial charge in [-0.25, -0.2) is 4.79 Å². The largest absolute Gasteiger partial charge is 0.481 e. The molecule has 0 aromatic rings. The molecule has 0 bridgehead atoms. The zero-order valence-electron chi connectivity index (χ0n) is 37.5. The normalized spacial score (nSPS) is 20.7. The molecule has 0 spiro atoms. The van der Waals surface area contributed by atoms with Crippen molar-refractivity contribution in [1.82, 2.24) is 41.7 Å². The second-order valence-corrected chi connectivity index (χ2v) is 16.5. The molecule has 28 heteroatoms. The number of nitrogens with zero attached hydrogens (tertiary/aromatic N) is 2. The first-order valence-electron chi connectivity index (χ1n) is 21.5. The molecule has 378 valence electrons. The Labute approximate surface area is 383 Å². The van der Waals surface area contributed by atoms with Crippen LogP contribution in [0.4, 0.5) is 0 Å². The monoisotopic (exact) mass is 960 g/mol. The molecule has 2 saturated heterocycles. The van der Waals surface area contributed by atoms with Crippen molar-refractivity contribution in [2.45, 2.75) is 158 Å². The van der Waals surface area contributed by atoms with Crippen LogP contribution in [0.5, 0.6) is 0 Å². The highest BCUT2D eigenvalue weighted by molar-refractivity contribution is 5.99. The maximum absolute atomic E-state index is 14.0. The van der Waals surface area contributed by atoms with Gasteiger partial charge in [-0.05, 0) is 66.2 Å². The fourth-order valence-corrected chi connectivity index (χ4v) is 7.25. The number of nitrogens with two attached hydrogens (primary N) is 2. The van der Waals surface area contributed by atoms with Crippen molar-refractivity contribution >= 4 is 65.1 Å². The average molecular weight is 961 g/mol. The first kappa shape index (κ1) is 57.1. The van der Waals surface area contributed by atoms with Crippen molar-refractivity contribution in [2.75, 3.05) is 19.7 Å². The van der Waals surface area contributed by atoms with Gasteiger partial charge in [0.15, 0.2) is 6.04 Å². The number of carbonyl (C=O) groups is 11. The number of hydrogen-bond acceptors (Lipinski definition) is 17. The van der Waals surface area contributed by atoms with E-state index in [1.54, 1.807) is 0 Å². The van der Waals surface area contributed by atoms with Gasteiger partial charge in [-0.15, -0.1) is 0 Å². The Hall–Kier alpha value is -6.07. The van der Waals surface area contributed by atoms with Crippen LogP contribution < -0.4 is 43.4 Å². The van der Waals surface area contributed by atoms with E-state index in [9.17, 15) is 83.4 Å². The van der Waals surface area contributed by atoms with Crippen LogP contribution in [-0.4, -0.2) is 209 Å². The van der Waals surface area contributed by atoms with Gasteiger partial charge in [-0.2, -0.15) is 0 Å². The summed E-state index contributed by atoms with van der Waals surface area (Å²) in [6.45, 7) is 3.27. The average Bonchev–Trinajstić information content (AvgIpc) is 3.95. The van der Waals surface area contributed by atoms with E-state index >= 15 is 0 Å². The summed E-state index contributed by atoms with van der Waals surface area (Å²) in [6, 6.07) is -14.6. The lowest BCUT2D eigenvalue weighted by Crippen LogP contribution is -2.64. The van der Waals surface area contributed by atoms with E-state index in [0.717, 1.165) is 32.6 Å². The third-order valence-corrected chi connectivity index (χ3v) is 11.0. The van der Waals surface area contributed by atoms with Crippen molar-refractivity contribution in [3.63, 3.8) is 0 Å². The molecule has 2 fully saturated rings. The fourth-order valence-electron chi connectivity index (χ4n) is 7.25. The number of hydrogen-bond donors (Lipinski definition) is 15. The minimum absolute atomic E-state index is 0.0338. The van der Waals surface area contributed by atoms with Crippen molar-refractivity contribution in [3.8, 4) is 0 Å². The Kier molecular flexibility index (Phi) is 22.4. The van der Waals surface area contributed by atoms with Crippen molar-refractivity contribution in [2.24, 2.45) is 11.5 Å². The highest BCUT2D eigenvalue weighted by atomic mass is 16.4. The van der Waals surface area contributed by atoms with E-state index in [1.807, 2.05) is 0 Å². The Balaban J connectivity index is 2.22. The maximum atomic E-state index is 14.0. The SMILES string of the molecule is C[C@@H](O)[C@H](NC(=O)[C@@H]1CCCN1C(=O)[C@@H]1CCCN1C(=O)[C@@H](NC(=O)[C@@H](NC(=O)[C@@H](NC(=O)[C@H](CO)NC(=O)[C@H](CCC(=O)O)NC(=O)[C@@H](N)CCC(N)=O)[C@@H](C)O)[C@@H](C)O)[C@@H](C)O)C(=O)O. The Morgan fingerprint density at radius 1 is 0.567 bits per heavy atom. The van der Waals surface area contributed by atoms with Gasteiger partial charge >= 0.3 is 11.9 Å². The number of carbonyl (C=O) groups excluding carboxylic acids is 9. The summed E-state index contributed by atoms with van der Waals surface area (Å²) in [5.74, 6) is -12.2. The molecule has 17 N–H and O–H groups in total. The molecule has 2 aliphatic heterocycles. The number of rotatable bonds is 26. The topological polar surface area (TPSA) is 460 Å².